The summed E-state index contributed by atoms with van der Waals surface area (Å²) in [6.07, 6.45) is 5.03. The molecule has 0 spiro atoms. The number of likely N-dealkylation sites (tertiary alicyclic amines) is 1. The predicted molar refractivity (Wildman–Crippen MR) is 110 cm³/mol. The van der Waals surface area contributed by atoms with Crippen molar-refractivity contribution in [1.29, 1.82) is 0 Å². The Morgan fingerprint density at radius 3 is 2.71 bits per heavy atom. The Kier molecular flexibility index (Phi) is 6.98. The molecule has 1 fully saturated rings. The van der Waals surface area contributed by atoms with E-state index in [1.165, 1.54) is 6.42 Å². The molecule has 0 saturated carbocycles. The summed E-state index contributed by atoms with van der Waals surface area (Å²) in [5.74, 6) is 1.86. The number of carbonyl (C=O) groups excluding carboxylic acids is 1. The van der Waals surface area contributed by atoms with Crippen molar-refractivity contribution in [3.8, 4) is 5.75 Å². The van der Waals surface area contributed by atoms with Gasteiger partial charge in [-0.25, -0.2) is 9.97 Å². The van der Waals surface area contributed by atoms with Gasteiger partial charge in [-0.2, -0.15) is 0 Å². The first-order valence-corrected chi connectivity index (χ1v) is 10.1. The number of methoxy groups -OCH3 is 1. The van der Waals surface area contributed by atoms with Crippen molar-refractivity contribution in [2.45, 2.75) is 45.6 Å². The van der Waals surface area contributed by atoms with Crippen molar-refractivity contribution in [3.63, 3.8) is 0 Å². The first kappa shape index (κ1) is 20.3. The minimum atomic E-state index is -0.160. The third kappa shape index (κ3) is 4.87. The average Bonchev–Trinajstić information content (AvgIpc) is 2.73. The van der Waals surface area contributed by atoms with Gasteiger partial charge in [0.1, 0.15) is 11.6 Å². The molecule has 2 aromatic rings. The third-order valence-corrected chi connectivity index (χ3v) is 5.37. The lowest BCUT2D eigenvalue weighted by molar-refractivity contribution is 0.0949. The molecule has 1 aliphatic rings. The molecule has 0 aliphatic carbocycles. The lowest BCUT2D eigenvalue weighted by Crippen LogP contribution is -2.34. The fourth-order valence-corrected chi connectivity index (χ4v) is 3.76. The number of aromatic nitrogens is 2. The molecule has 1 aliphatic heterocycles. The Balaban J connectivity index is 1.61. The molecule has 2 heterocycles. The van der Waals surface area contributed by atoms with Crippen molar-refractivity contribution in [1.82, 2.24) is 20.2 Å². The molecule has 6 heteroatoms. The lowest BCUT2D eigenvalue weighted by Gasteiger charge is -2.31. The van der Waals surface area contributed by atoms with E-state index in [0.717, 1.165) is 55.3 Å². The molecular weight excluding hydrogens is 352 g/mol. The summed E-state index contributed by atoms with van der Waals surface area (Å²) in [5.41, 5.74) is 2.20. The zero-order valence-electron chi connectivity index (χ0n) is 17.1. The molecule has 1 aromatic carbocycles. The molecule has 6 nitrogen and oxygen atoms in total. The number of hydrogen-bond acceptors (Lipinski definition) is 5. The van der Waals surface area contributed by atoms with Gasteiger partial charge in [-0.15, -0.1) is 0 Å². The first-order chi connectivity index (χ1) is 13.6. The minimum Gasteiger partial charge on any atom is -0.496 e. The molecular formula is C22H30N4O2. The van der Waals surface area contributed by atoms with Gasteiger partial charge in [-0.05, 0) is 51.9 Å². The van der Waals surface area contributed by atoms with Crippen molar-refractivity contribution < 1.29 is 9.53 Å². The number of benzene rings is 1. The van der Waals surface area contributed by atoms with Crippen LogP contribution in [-0.4, -0.2) is 47.5 Å². The Morgan fingerprint density at radius 1 is 1.29 bits per heavy atom. The Morgan fingerprint density at radius 2 is 2.04 bits per heavy atom. The first-order valence-electron chi connectivity index (χ1n) is 10.1. The summed E-state index contributed by atoms with van der Waals surface area (Å²) >= 11 is 0. The average molecular weight is 383 g/mol. The highest BCUT2D eigenvalue weighted by molar-refractivity contribution is 5.94. The van der Waals surface area contributed by atoms with Gasteiger partial charge < -0.3 is 15.0 Å². The second-order valence-electron chi connectivity index (χ2n) is 7.34. The SMILES string of the molecule is CCCN1CCC(c2ncc(C(=O)NCc3ccccc3OC)c(C)n2)CC1. The standard InChI is InChI=1S/C22H30N4O2/c1-4-11-26-12-9-17(10-13-26)21-23-15-19(16(2)25-21)22(27)24-14-18-7-5-6-8-20(18)28-3/h5-8,15,17H,4,9-14H2,1-3H3,(H,24,27). The number of hydrogen-bond donors (Lipinski definition) is 1. The number of carbonyl (C=O) groups is 1. The predicted octanol–water partition coefficient (Wildman–Crippen LogP) is 3.31. The Labute approximate surface area is 167 Å². The van der Waals surface area contributed by atoms with Crippen LogP contribution >= 0.6 is 0 Å². The van der Waals surface area contributed by atoms with Crippen molar-refractivity contribution >= 4 is 5.91 Å². The van der Waals surface area contributed by atoms with Crippen LogP contribution in [0.1, 0.15) is 59.5 Å². The molecule has 28 heavy (non-hydrogen) atoms. The Bertz CT molecular complexity index is 801. The molecule has 0 unspecified atom stereocenters. The number of ether oxygens (including phenoxy) is 1. The fourth-order valence-electron chi connectivity index (χ4n) is 3.76. The van der Waals surface area contributed by atoms with Crippen LogP contribution in [0.3, 0.4) is 0 Å². The van der Waals surface area contributed by atoms with Crippen molar-refractivity contribution in [2.75, 3.05) is 26.7 Å². The van der Waals surface area contributed by atoms with E-state index in [4.69, 9.17) is 4.74 Å². The zero-order valence-corrected chi connectivity index (χ0v) is 17.1. The quantitative estimate of drug-likeness (QED) is 0.796. The number of nitrogens with zero attached hydrogens (tertiary/aromatic N) is 3. The van der Waals surface area contributed by atoms with Gasteiger partial charge in [0.2, 0.25) is 0 Å². The van der Waals surface area contributed by atoms with Crippen LogP contribution in [0.2, 0.25) is 0 Å². The topological polar surface area (TPSA) is 67.4 Å². The zero-order chi connectivity index (χ0) is 19.9. The molecule has 150 valence electrons. The monoisotopic (exact) mass is 382 g/mol. The summed E-state index contributed by atoms with van der Waals surface area (Å²) in [5, 5.41) is 2.94. The fraction of sp³-hybridized carbons (Fsp3) is 0.500. The van der Waals surface area contributed by atoms with Gasteiger partial charge in [0, 0.05) is 24.2 Å². The number of piperidine rings is 1. The number of nitrogens with one attached hydrogen (secondary N) is 1. The maximum atomic E-state index is 12.6. The van der Waals surface area contributed by atoms with Gasteiger partial charge in [-0.3, -0.25) is 4.79 Å². The molecule has 0 radical (unpaired) electrons. The molecule has 1 N–H and O–H groups in total. The lowest BCUT2D eigenvalue weighted by atomic mass is 9.95. The van der Waals surface area contributed by atoms with E-state index in [1.807, 2.05) is 31.2 Å². The van der Waals surface area contributed by atoms with Crippen LogP contribution in [0, 0.1) is 6.92 Å². The van der Waals surface area contributed by atoms with Gasteiger partial charge in [-0.1, -0.05) is 25.1 Å². The summed E-state index contributed by atoms with van der Waals surface area (Å²) in [7, 11) is 1.63. The van der Waals surface area contributed by atoms with E-state index >= 15 is 0 Å². The molecule has 1 aromatic heterocycles. The normalized spacial score (nSPS) is 15.4. The van der Waals surface area contributed by atoms with E-state index < -0.39 is 0 Å². The van der Waals surface area contributed by atoms with Crippen LogP contribution in [0.5, 0.6) is 5.75 Å². The molecule has 0 atom stereocenters. The maximum absolute atomic E-state index is 12.6. The molecule has 0 bridgehead atoms. The van der Waals surface area contributed by atoms with Gasteiger partial charge >= 0.3 is 0 Å². The Hall–Kier alpha value is -2.47. The maximum Gasteiger partial charge on any atom is 0.254 e. The van der Waals surface area contributed by atoms with Crippen LogP contribution in [-0.2, 0) is 6.54 Å². The highest BCUT2D eigenvalue weighted by Crippen LogP contribution is 2.26. The smallest absolute Gasteiger partial charge is 0.254 e. The van der Waals surface area contributed by atoms with Crippen molar-refractivity contribution in [2.24, 2.45) is 0 Å². The van der Waals surface area contributed by atoms with Crippen LogP contribution in [0.15, 0.2) is 30.5 Å². The summed E-state index contributed by atoms with van der Waals surface area (Å²) in [6, 6.07) is 7.67. The van der Waals surface area contributed by atoms with E-state index in [9.17, 15) is 4.79 Å². The van der Waals surface area contributed by atoms with E-state index in [0.29, 0.717) is 18.0 Å². The van der Waals surface area contributed by atoms with Gasteiger partial charge in [0.15, 0.2) is 0 Å². The van der Waals surface area contributed by atoms with E-state index in [-0.39, 0.29) is 5.91 Å². The third-order valence-electron chi connectivity index (χ3n) is 5.37. The van der Waals surface area contributed by atoms with Gasteiger partial charge in [0.05, 0.1) is 18.4 Å². The van der Waals surface area contributed by atoms with E-state index in [1.54, 1.807) is 13.3 Å². The summed E-state index contributed by atoms with van der Waals surface area (Å²) in [4.78, 5) is 24.3. The molecule has 1 saturated heterocycles. The molecule has 1 amide bonds. The number of aryl methyl sites for hydroxylation is 1. The minimum absolute atomic E-state index is 0.160. The highest BCUT2D eigenvalue weighted by atomic mass is 16.5. The second kappa shape index (κ2) is 9.64. The number of rotatable bonds is 7. The summed E-state index contributed by atoms with van der Waals surface area (Å²) in [6.45, 7) is 7.87. The summed E-state index contributed by atoms with van der Waals surface area (Å²) < 4.78 is 5.33. The van der Waals surface area contributed by atoms with Crippen LogP contribution in [0.4, 0.5) is 0 Å². The number of para-hydroxylation sites is 1. The molecule has 3 rings (SSSR count). The highest BCUT2D eigenvalue weighted by Gasteiger charge is 2.23. The van der Waals surface area contributed by atoms with Crippen LogP contribution in [0.25, 0.3) is 0 Å². The second-order valence-corrected chi connectivity index (χ2v) is 7.34. The largest absolute Gasteiger partial charge is 0.496 e. The van der Waals surface area contributed by atoms with Crippen LogP contribution < -0.4 is 10.1 Å². The number of amides is 1. The van der Waals surface area contributed by atoms with Gasteiger partial charge in [0.25, 0.3) is 5.91 Å². The van der Waals surface area contributed by atoms with E-state index in [2.05, 4.69) is 27.1 Å². The van der Waals surface area contributed by atoms with Crippen molar-refractivity contribution in [3.05, 3.63) is 53.1 Å².